The summed E-state index contributed by atoms with van der Waals surface area (Å²) in [6.45, 7) is 4.44. The first-order chi connectivity index (χ1) is 8.90. The van der Waals surface area contributed by atoms with Crippen molar-refractivity contribution in [3.05, 3.63) is 18.2 Å². The van der Waals surface area contributed by atoms with Crippen molar-refractivity contribution in [3.8, 4) is 5.75 Å². The quantitative estimate of drug-likeness (QED) is 0.730. The molecule has 0 radical (unpaired) electrons. The number of rotatable bonds is 7. The summed E-state index contributed by atoms with van der Waals surface area (Å²) in [5.41, 5.74) is 6.04. The van der Waals surface area contributed by atoms with Crippen LogP contribution in [0.2, 0.25) is 0 Å². The van der Waals surface area contributed by atoms with Gasteiger partial charge in [0, 0.05) is 24.4 Å². The molecule has 0 aliphatic rings. The lowest BCUT2D eigenvalue weighted by Crippen LogP contribution is -2.36. The maximum atomic E-state index is 12.2. The Morgan fingerprint density at radius 1 is 1.42 bits per heavy atom. The Labute approximate surface area is 113 Å². The first-order valence-corrected chi connectivity index (χ1v) is 7.42. The molecule has 7 heteroatoms. The second-order valence-electron chi connectivity index (χ2n) is 4.09. The van der Waals surface area contributed by atoms with Gasteiger partial charge in [-0.05, 0) is 26.0 Å². The summed E-state index contributed by atoms with van der Waals surface area (Å²) in [4.78, 5) is 0.0625. The maximum absolute atomic E-state index is 12.2. The Bertz CT molecular complexity index is 516. The van der Waals surface area contributed by atoms with Crippen molar-refractivity contribution in [1.29, 1.82) is 0 Å². The van der Waals surface area contributed by atoms with Crippen molar-refractivity contribution in [3.63, 3.8) is 0 Å². The molecular formula is C12H20N2O4S. The number of methoxy groups -OCH3 is 1. The number of benzene rings is 1. The summed E-state index contributed by atoms with van der Waals surface area (Å²) in [6.07, 6.45) is 0. The molecule has 1 aromatic rings. The minimum atomic E-state index is -3.66. The minimum absolute atomic E-state index is 0.0625. The number of anilines is 1. The van der Waals surface area contributed by atoms with Crippen LogP contribution in [0.3, 0.4) is 0 Å². The zero-order chi connectivity index (χ0) is 14.5. The molecule has 6 nitrogen and oxygen atoms in total. The molecule has 0 spiro atoms. The Hall–Kier alpha value is -1.31. The van der Waals surface area contributed by atoms with E-state index in [9.17, 15) is 8.42 Å². The van der Waals surface area contributed by atoms with Gasteiger partial charge in [0.25, 0.3) is 0 Å². The summed E-state index contributed by atoms with van der Waals surface area (Å²) in [7, 11) is -2.26. The molecule has 0 saturated carbocycles. The minimum Gasteiger partial charge on any atom is -0.495 e. The standard InChI is InChI=1S/C12H20N2O4S/c1-4-18-8-9(2)14-19(15,16)12-6-5-10(13)7-11(12)17-3/h5-7,9,14H,4,8,13H2,1-3H3. The Balaban J connectivity index is 2.94. The monoisotopic (exact) mass is 288 g/mol. The van der Waals surface area contributed by atoms with E-state index < -0.39 is 10.0 Å². The zero-order valence-corrected chi connectivity index (χ0v) is 12.2. The maximum Gasteiger partial charge on any atom is 0.244 e. The molecule has 19 heavy (non-hydrogen) atoms. The SMILES string of the molecule is CCOCC(C)NS(=O)(=O)c1ccc(N)cc1OC. The molecule has 0 aromatic heterocycles. The van der Waals surface area contributed by atoms with Crippen LogP contribution in [0.5, 0.6) is 5.75 Å². The van der Waals surface area contributed by atoms with E-state index in [2.05, 4.69) is 4.72 Å². The van der Waals surface area contributed by atoms with Gasteiger partial charge in [-0.25, -0.2) is 13.1 Å². The number of nitrogens with two attached hydrogens (primary N) is 1. The van der Waals surface area contributed by atoms with Gasteiger partial charge in [0.1, 0.15) is 10.6 Å². The lowest BCUT2D eigenvalue weighted by Gasteiger charge is -2.16. The number of hydrogen-bond donors (Lipinski definition) is 2. The zero-order valence-electron chi connectivity index (χ0n) is 11.3. The van der Waals surface area contributed by atoms with E-state index in [1.165, 1.54) is 25.3 Å². The van der Waals surface area contributed by atoms with Crippen LogP contribution in [0.4, 0.5) is 5.69 Å². The number of sulfonamides is 1. The molecule has 0 amide bonds. The van der Waals surface area contributed by atoms with Gasteiger partial charge in [-0.1, -0.05) is 0 Å². The summed E-state index contributed by atoms with van der Waals surface area (Å²) in [5, 5.41) is 0. The van der Waals surface area contributed by atoms with E-state index in [0.717, 1.165) is 0 Å². The Kier molecular flexibility index (Phi) is 5.59. The van der Waals surface area contributed by atoms with Gasteiger partial charge < -0.3 is 15.2 Å². The normalized spacial score (nSPS) is 13.2. The predicted octanol–water partition coefficient (Wildman–Crippen LogP) is 0.981. The Morgan fingerprint density at radius 2 is 2.11 bits per heavy atom. The topological polar surface area (TPSA) is 90.7 Å². The first kappa shape index (κ1) is 15.7. The van der Waals surface area contributed by atoms with Crippen LogP contribution in [0.15, 0.2) is 23.1 Å². The third-order valence-corrected chi connectivity index (χ3v) is 4.03. The molecule has 1 aromatic carbocycles. The van der Waals surface area contributed by atoms with Crippen molar-refractivity contribution in [2.45, 2.75) is 24.8 Å². The van der Waals surface area contributed by atoms with Crippen molar-refractivity contribution in [2.24, 2.45) is 0 Å². The highest BCUT2D eigenvalue weighted by molar-refractivity contribution is 7.89. The van der Waals surface area contributed by atoms with E-state index in [4.69, 9.17) is 15.2 Å². The third kappa shape index (κ3) is 4.38. The lowest BCUT2D eigenvalue weighted by atomic mass is 10.3. The molecule has 1 rings (SSSR count). The van der Waals surface area contributed by atoms with Gasteiger partial charge in [-0.3, -0.25) is 0 Å². The fourth-order valence-electron chi connectivity index (χ4n) is 1.56. The van der Waals surface area contributed by atoms with Gasteiger partial charge in [0.05, 0.1) is 13.7 Å². The first-order valence-electron chi connectivity index (χ1n) is 5.94. The molecule has 0 saturated heterocycles. The van der Waals surface area contributed by atoms with Gasteiger partial charge in [-0.2, -0.15) is 0 Å². The highest BCUT2D eigenvalue weighted by Crippen LogP contribution is 2.25. The predicted molar refractivity (Wildman–Crippen MR) is 73.7 cm³/mol. The van der Waals surface area contributed by atoms with Crippen LogP contribution in [0.1, 0.15) is 13.8 Å². The number of ether oxygens (including phenoxy) is 2. The van der Waals surface area contributed by atoms with Crippen LogP contribution in [0, 0.1) is 0 Å². The van der Waals surface area contributed by atoms with Gasteiger partial charge >= 0.3 is 0 Å². The molecule has 0 fully saturated rings. The van der Waals surface area contributed by atoms with Crippen LogP contribution in [-0.4, -0.2) is 34.8 Å². The molecule has 1 atom stereocenters. The molecule has 108 valence electrons. The van der Waals surface area contributed by atoms with Crippen LogP contribution in [0.25, 0.3) is 0 Å². The van der Waals surface area contributed by atoms with E-state index in [1.807, 2.05) is 6.92 Å². The lowest BCUT2D eigenvalue weighted by molar-refractivity contribution is 0.133. The van der Waals surface area contributed by atoms with Crippen LogP contribution < -0.4 is 15.2 Å². The van der Waals surface area contributed by atoms with Gasteiger partial charge in [-0.15, -0.1) is 0 Å². The van der Waals surface area contributed by atoms with E-state index >= 15 is 0 Å². The second-order valence-corrected chi connectivity index (χ2v) is 5.77. The summed E-state index contributed by atoms with van der Waals surface area (Å²) in [6, 6.07) is 4.09. The van der Waals surface area contributed by atoms with Gasteiger partial charge in [0.15, 0.2) is 0 Å². The number of nitrogen functional groups attached to an aromatic ring is 1. The molecule has 0 heterocycles. The summed E-state index contributed by atoms with van der Waals surface area (Å²) < 4.78 is 37.2. The fraction of sp³-hybridized carbons (Fsp3) is 0.500. The second kappa shape index (κ2) is 6.74. The third-order valence-electron chi connectivity index (χ3n) is 2.41. The van der Waals surface area contributed by atoms with E-state index in [1.54, 1.807) is 6.92 Å². The molecule has 3 N–H and O–H groups in total. The molecule has 1 unspecified atom stereocenters. The average molecular weight is 288 g/mol. The summed E-state index contributed by atoms with van der Waals surface area (Å²) in [5.74, 6) is 0.219. The molecule has 0 aliphatic heterocycles. The average Bonchev–Trinajstić information content (AvgIpc) is 2.35. The smallest absolute Gasteiger partial charge is 0.244 e. The van der Waals surface area contributed by atoms with Crippen molar-refractivity contribution < 1.29 is 17.9 Å². The molecule has 0 bridgehead atoms. The number of hydrogen-bond acceptors (Lipinski definition) is 5. The molecular weight excluding hydrogens is 268 g/mol. The van der Waals surface area contributed by atoms with Gasteiger partial charge in [0.2, 0.25) is 10.0 Å². The Morgan fingerprint density at radius 3 is 2.68 bits per heavy atom. The molecule has 0 aliphatic carbocycles. The van der Waals surface area contributed by atoms with Crippen LogP contribution >= 0.6 is 0 Å². The largest absolute Gasteiger partial charge is 0.495 e. The highest BCUT2D eigenvalue weighted by Gasteiger charge is 2.21. The van der Waals surface area contributed by atoms with Crippen LogP contribution in [-0.2, 0) is 14.8 Å². The fourth-order valence-corrected chi connectivity index (χ4v) is 2.94. The summed E-state index contributed by atoms with van der Waals surface area (Å²) >= 11 is 0. The number of nitrogens with one attached hydrogen (secondary N) is 1. The van der Waals surface area contributed by atoms with Crippen molar-refractivity contribution in [2.75, 3.05) is 26.1 Å². The van der Waals surface area contributed by atoms with Crippen molar-refractivity contribution >= 4 is 15.7 Å². The van der Waals surface area contributed by atoms with Crippen molar-refractivity contribution in [1.82, 2.24) is 4.72 Å². The highest BCUT2D eigenvalue weighted by atomic mass is 32.2. The van der Waals surface area contributed by atoms with E-state index in [-0.39, 0.29) is 16.7 Å². The van der Waals surface area contributed by atoms with E-state index in [0.29, 0.717) is 18.9 Å².